The summed E-state index contributed by atoms with van der Waals surface area (Å²) < 4.78 is 1.94. The van der Waals surface area contributed by atoms with Crippen LogP contribution in [0.25, 0.3) is 10.9 Å². The number of halogens is 1. The maximum absolute atomic E-state index is 6.52. The van der Waals surface area contributed by atoms with Crippen LogP contribution in [0.2, 0.25) is 5.02 Å². The van der Waals surface area contributed by atoms with Gasteiger partial charge in [-0.1, -0.05) is 29.8 Å². The Bertz CT molecular complexity index is 1300. The second kappa shape index (κ2) is 8.92. The summed E-state index contributed by atoms with van der Waals surface area (Å²) in [4.78, 5) is 13.9. The van der Waals surface area contributed by atoms with Gasteiger partial charge in [-0.2, -0.15) is 0 Å². The van der Waals surface area contributed by atoms with Crippen LogP contribution >= 0.6 is 11.6 Å². The van der Waals surface area contributed by atoms with Crippen LogP contribution in [0.3, 0.4) is 0 Å². The number of hydrogen-bond acceptors (Lipinski definition) is 7. The van der Waals surface area contributed by atoms with Gasteiger partial charge in [0.05, 0.1) is 22.1 Å². The van der Waals surface area contributed by atoms with Crippen LogP contribution in [0.15, 0.2) is 48.8 Å². The lowest BCUT2D eigenvalue weighted by Gasteiger charge is -2.40. The molecule has 0 N–H and O–H groups in total. The Hall–Kier alpha value is -3.10. The number of hydrogen-bond donors (Lipinski definition) is 0. The van der Waals surface area contributed by atoms with Crippen molar-refractivity contribution >= 4 is 28.3 Å². The zero-order chi connectivity index (χ0) is 23.9. The van der Waals surface area contributed by atoms with E-state index in [-0.39, 0.29) is 11.6 Å². The minimum absolute atomic E-state index is 0.106. The van der Waals surface area contributed by atoms with Crippen LogP contribution in [0.1, 0.15) is 43.8 Å². The van der Waals surface area contributed by atoms with E-state index in [9.17, 15) is 0 Å². The number of para-hydroxylation sites is 1. The molecule has 1 aromatic carbocycles. The molecule has 1 saturated heterocycles. The lowest BCUT2D eigenvalue weighted by molar-refractivity contribution is 0.192. The second-order valence-corrected chi connectivity index (χ2v) is 10.2. The highest BCUT2D eigenvalue weighted by Gasteiger charge is 2.34. The average molecular weight is 477 g/mol. The molecule has 0 spiro atoms. The molecule has 5 rings (SSSR count). The van der Waals surface area contributed by atoms with Gasteiger partial charge >= 0.3 is 0 Å². The summed E-state index contributed by atoms with van der Waals surface area (Å²) in [6.45, 7) is 11.6. The van der Waals surface area contributed by atoms with E-state index < -0.39 is 0 Å². The van der Waals surface area contributed by atoms with Gasteiger partial charge in [0.2, 0.25) is 0 Å². The van der Waals surface area contributed by atoms with Crippen LogP contribution in [0, 0.1) is 6.92 Å². The molecule has 34 heavy (non-hydrogen) atoms. The van der Waals surface area contributed by atoms with Crippen molar-refractivity contribution in [2.75, 3.05) is 31.1 Å². The van der Waals surface area contributed by atoms with E-state index in [1.54, 1.807) is 0 Å². The zero-order valence-corrected chi connectivity index (χ0v) is 20.7. The third-order valence-electron chi connectivity index (χ3n) is 6.29. The number of tetrazole rings is 1. The predicted octanol–water partition coefficient (Wildman–Crippen LogP) is 4.24. The van der Waals surface area contributed by atoms with Crippen molar-refractivity contribution in [1.29, 1.82) is 0 Å². The van der Waals surface area contributed by atoms with E-state index >= 15 is 0 Å². The van der Waals surface area contributed by atoms with E-state index in [0.29, 0.717) is 5.02 Å². The summed E-state index contributed by atoms with van der Waals surface area (Å²) in [5.74, 6) is 1.68. The third kappa shape index (κ3) is 4.23. The molecule has 176 valence electrons. The topological polar surface area (TPSA) is 75.9 Å². The zero-order valence-electron chi connectivity index (χ0n) is 20.0. The van der Waals surface area contributed by atoms with E-state index in [1.165, 1.54) is 0 Å². The van der Waals surface area contributed by atoms with Gasteiger partial charge in [0.1, 0.15) is 5.82 Å². The lowest BCUT2D eigenvalue weighted by Crippen LogP contribution is -2.49. The quantitative estimate of drug-likeness (QED) is 0.436. The van der Waals surface area contributed by atoms with Crippen LogP contribution in [0.4, 0.5) is 5.82 Å². The van der Waals surface area contributed by atoms with Crippen molar-refractivity contribution in [3.8, 4) is 0 Å². The summed E-state index contributed by atoms with van der Waals surface area (Å²) in [5, 5.41) is 14.8. The SMILES string of the molecule is Cc1cnc(N2CCN(C(c3ccnc4ccccc34)c3nnnn3C(C)(C)C)CC2)c(Cl)c1. The molecular formula is C25H29ClN8. The van der Waals surface area contributed by atoms with Crippen molar-refractivity contribution in [1.82, 2.24) is 35.1 Å². The molecule has 3 aromatic heterocycles. The molecule has 4 heterocycles. The number of aryl methyl sites for hydroxylation is 1. The minimum Gasteiger partial charge on any atom is -0.353 e. The molecule has 0 aliphatic carbocycles. The molecule has 1 unspecified atom stereocenters. The fraction of sp³-hybridized carbons (Fsp3) is 0.400. The van der Waals surface area contributed by atoms with Gasteiger partial charge in [-0.3, -0.25) is 9.88 Å². The number of fused-ring (bicyclic) bond motifs is 1. The highest BCUT2D eigenvalue weighted by Crippen LogP contribution is 2.35. The third-order valence-corrected chi connectivity index (χ3v) is 6.57. The van der Waals surface area contributed by atoms with Crippen molar-refractivity contribution in [2.24, 2.45) is 0 Å². The van der Waals surface area contributed by atoms with E-state index in [4.69, 9.17) is 11.6 Å². The monoisotopic (exact) mass is 476 g/mol. The maximum atomic E-state index is 6.52. The van der Waals surface area contributed by atoms with Gasteiger partial charge in [-0.25, -0.2) is 9.67 Å². The normalized spacial score (nSPS) is 16.2. The Morgan fingerprint density at radius 2 is 1.76 bits per heavy atom. The van der Waals surface area contributed by atoms with Gasteiger partial charge in [0, 0.05) is 44.0 Å². The van der Waals surface area contributed by atoms with Crippen LogP contribution < -0.4 is 4.90 Å². The molecular weight excluding hydrogens is 448 g/mol. The number of piperazine rings is 1. The van der Waals surface area contributed by atoms with Gasteiger partial charge in [0.15, 0.2) is 5.82 Å². The number of pyridine rings is 2. The molecule has 0 radical (unpaired) electrons. The van der Waals surface area contributed by atoms with Gasteiger partial charge in [-0.15, -0.1) is 5.10 Å². The first-order chi connectivity index (χ1) is 16.3. The van der Waals surface area contributed by atoms with Crippen molar-refractivity contribution in [2.45, 2.75) is 39.3 Å². The van der Waals surface area contributed by atoms with Crippen LogP contribution in [-0.4, -0.2) is 61.3 Å². The smallest absolute Gasteiger partial charge is 0.173 e. The summed E-state index contributed by atoms with van der Waals surface area (Å²) in [5.41, 5.74) is 2.94. The van der Waals surface area contributed by atoms with Crippen molar-refractivity contribution < 1.29 is 0 Å². The van der Waals surface area contributed by atoms with Gasteiger partial charge < -0.3 is 4.90 Å². The van der Waals surface area contributed by atoms with Crippen LogP contribution in [-0.2, 0) is 5.54 Å². The molecule has 1 aliphatic heterocycles. The molecule has 8 nitrogen and oxygen atoms in total. The summed E-state index contributed by atoms with van der Waals surface area (Å²) in [6, 6.07) is 12.2. The maximum Gasteiger partial charge on any atom is 0.173 e. The Balaban J connectivity index is 1.53. The first-order valence-corrected chi connectivity index (χ1v) is 11.9. The van der Waals surface area contributed by atoms with Gasteiger partial charge in [-0.05, 0) is 67.4 Å². The Morgan fingerprint density at radius 1 is 1.00 bits per heavy atom. The molecule has 1 fully saturated rings. The molecule has 0 amide bonds. The summed E-state index contributed by atoms with van der Waals surface area (Å²) >= 11 is 6.52. The van der Waals surface area contributed by atoms with Crippen molar-refractivity contribution in [3.63, 3.8) is 0 Å². The fourth-order valence-electron chi connectivity index (χ4n) is 4.65. The fourth-order valence-corrected chi connectivity index (χ4v) is 4.99. The Labute approximate surface area is 204 Å². The number of nitrogens with zero attached hydrogens (tertiary/aromatic N) is 8. The average Bonchev–Trinajstić information content (AvgIpc) is 3.30. The van der Waals surface area contributed by atoms with E-state index in [1.807, 2.05) is 42.2 Å². The standard InChI is InChI=1S/C25H29ClN8/c1-17-15-20(26)23(28-16-17)33-13-11-32(12-14-33)22(24-29-30-31-34(24)25(2,3)4)19-9-10-27-21-8-6-5-7-18(19)21/h5-10,15-16,22H,11-14H2,1-4H3. The molecule has 0 bridgehead atoms. The Kier molecular flexibility index (Phi) is 5.95. The van der Waals surface area contributed by atoms with Crippen molar-refractivity contribution in [3.05, 3.63) is 70.8 Å². The lowest BCUT2D eigenvalue weighted by atomic mass is 9.98. The Morgan fingerprint density at radius 3 is 2.50 bits per heavy atom. The van der Waals surface area contributed by atoms with E-state index in [2.05, 4.69) is 74.3 Å². The molecule has 1 atom stereocenters. The minimum atomic E-state index is -0.249. The number of anilines is 1. The van der Waals surface area contributed by atoms with Crippen LogP contribution in [0.5, 0.6) is 0 Å². The molecule has 0 saturated carbocycles. The summed E-state index contributed by atoms with van der Waals surface area (Å²) in [6.07, 6.45) is 3.75. The largest absolute Gasteiger partial charge is 0.353 e. The number of rotatable bonds is 4. The molecule has 1 aliphatic rings. The second-order valence-electron chi connectivity index (χ2n) is 9.78. The van der Waals surface area contributed by atoms with Gasteiger partial charge in [0.25, 0.3) is 0 Å². The first kappa shape index (κ1) is 22.7. The molecule has 4 aromatic rings. The first-order valence-electron chi connectivity index (χ1n) is 11.6. The number of aromatic nitrogens is 6. The predicted molar refractivity (Wildman–Crippen MR) is 134 cm³/mol. The van der Waals surface area contributed by atoms with E-state index in [0.717, 1.165) is 59.9 Å². The number of benzene rings is 1. The summed E-state index contributed by atoms with van der Waals surface area (Å²) in [7, 11) is 0. The highest BCUT2D eigenvalue weighted by atomic mass is 35.5. The highest BCUT2D eigenvalue weighted by molar-refractivity contribution is 6.33. The molecule has 9 heteroatoms.